The first-order valence-corrected chi connectivity index (χ1v) is 15.0. The Hall–Kier alpha value is -5.93. The second kappa shape index (κ2) is 10.4. The van der Waals surface area contributed by atoms with Crippen molar-refractivity contribution in [3.05, 3.63) is 143 Å². The minimum Gasteiger partial charge on any atom is -0.381 e. The van der Waals surface area contributed by atoms with E-state index in [0.29, 0.717) is 45.7 Å². The van der Waals surface area contributed by atoms with Crippen LogP contribution in [0.3, 0.4) is 0 Å². The van der Waals surface area contributed by atoms with Crippen LogP contribution in [0.5, 0.6) is 0 Å². The highest BCUT2D eigenvalue weighted by Gasteiger charge is 2.36. The largest absolute Gasteiger partial charge is 0.381 e. The molecule has 0 fully saturated rings. The summed E-state index contributed by atoms with van der Waals surface area (Å²) in [5, 5.41) is 7.13. The Morgan fingerprint density at radius 3 is 2.11 bits per heavy atom. The summed E-state index contributed by atoms with van der Waals surface area (Å²) in [4.78, 5) is 53.5. The summed E-state index contributed by atoms with van der Waals surface area (Å²) in [6, 6.07) is 32.2. The Morgan fingerprint density at radius 1 is 0.711 bits per heavy atom. The number of nitrogens with zero attached hydrogens (tertiary/aromatic N) is 2. The third-order valence-electron chi connectivity index (χ3n) is 8.17. The van der Waals surface area contributed by atoms with E-state index in [1.807, 2.05) is 48.5 Å². The van der Waals surface area contributed by atoms with Gasteiger partial charge in [-0.25, -0.2) is 4.90 Å². The number of imide groups is 1. The van der Waals surface area contributed by atoms with Gasteiger partial charge in [0, 0.05) is 34.3 Å². The summed E-state index contributed by atoms with van der Waals surface area (Å²) in [5.74, 6) is -1.10. The molecule has 2 heterocycles. The number of nitrogens with one attached hydrogen (secondary N) is 2. The van der Waals surface area contributed by atoms with Crippen molar-refractivity contribution in [3.63, 3.8) is 0 Å². The Kier molecular flexibility index (Phi) is 6.14. The number of anilines is 3. The van der Waals surface area contributed by atoms with E-state index in [9.17, 15) is 19.2 Å². The van der Waals surface area contributed by atoms with Gasteiger partial charge in [-0.1, -0.05) is 48.5 Å². The van der Waals surface area contributed by atoms with Gasteiger partial charge < -0.3 is 10.6 Å². The second-order valence-corrected chi connectivity index (χ2v) is 11.6. The first-order valence-electron chi connectivity index (χ1n) is 14.3. The van der Waals surface area contributed by atoms with Gasteiger partial charge in [0.1, 0.15) is 0 Å². The predicted molar refractivity (Wildman–Crippen MR) is 174 cm³/mol. The molecule has 8 rings (SSSR count). The number of carbonyl (C=O) groups is 4. The molecule has 5 aromatic carbocycles. The minimum absolute atomic E-state index is 0.129. The molecule has 1 aliphatic carbocycles. The maximum absolute atomic E-state index is 13.5. The van der Waals surface area contributed by atoms with Gasteiger partial charge in [-0.3, -0.25) is 19.2 Å². The van der Waals surface area contributed by atoms with Crippen LogP contribution in [-0.2, 0) is 6.54 Å². The lowest BCUT2D eigenvalue weighted by Gasteiger charge is -2.19. The highest BCUT2D eigenvalue weighted by molar-refractivity contribution is 7.13. The van der Waals surface area contributed by atoms with Crippen molar-refractivity contribution in [3.8, 4) is 11.3 Å². The third kappa shape index (κ3) is 4.32. The van der Waals surface area contributed by atoms with Gasteiger partial charge in [-0.05, 0) is 77.8 Å². The van der Waals surface area contributed by atoms with Crippen molar-refractivity contribution in [2.75, 3.05) is 15.5 Å². The van der Waals surface area contributed by atoms with Crippen LogP contribution in [0.25, 0.3) is 21.3 Å². The van der Waals surface area contributed by atoms with Crippen molar-refractivity contribution < 1.29 is 19.2 Å². The SMILES string of the molecule is O=C(Nc1cccc2c1C(=O)c1cccc3snc-2c13)c1ccc(NCc2ccc(N3C(=O)c4ccccc4C3=O)cc2)cc1. The van der Waals surface area contributed by atoms with Crippen LogP contribution in [0, 0.1) is 0 Å². The molecule has 2 aliphatic rings. The summed E-state index contributed by atoms with van der Waals surface area (Å²) in [6.07, 6.45) is 0. The van der Waals surface area contributed by atoms with Crippen molar-refractivity contribution in [2.24, 2.45) is 0 Å². The number of rotatable bonds is 6. The van der Waals surface area contributed by atoms with Gasteiger partial charge in [0.15, 0.2) is 5.78 Å². The molecule has 2 N–H and O–H groups in total. The molecule has 0 unspecified atom stereocenters. The smallest absolute Gasteiger partial charge is 0.266 e. The lowest BCUT2D eigenvalue weighted by Crippen LogP contribution is -2.29. The molecule has 1 aromatic heterocycles. The zero-order chi connectivity index (χ0) is 30.7. The van der Waals surface area contributed by atoms with Crippen LogP contribution in [0.1, 0.15) is 52.6 Å². The maximum atomic E-state index is 13.5. The lowest BCUT2D eigenvalue weighted by molar-refractivity contribution is 0.0923. The Bertz CT molecular complexity index is 2190. The molecule has 0 saturated carbocycles. The summed E-state index contributed by atoms with van der Waals surface area (Å²) < 4.78 is 5.57. The fourth-order valence-electron chi connectivity index (χ4n) is 5.92. The molecule has 3 amide bonds. The van der Waals surface area contributed by atoms with Gasteiger partial charge >= 0.3 is 0 Å². The maximum Gasteiger partial charge on any atom is 0.266 e. The highest BCUT2D eigenvalue weighted by atomic mass is 32.1. The zero-order valence-corrected chi connectivity index (χ0v) is 24.4. The van der Waals surface area contributed by atoms with Crippen molar-refractivity contribution in [2.45, 2.75) is 6.54 Å². The molecular weight excluding hydrogens is 584 g/mol. The number of hydrogen-bond donors (Lipinski definition) is 2. The van der Waals surface area contributed by atoms with E-state index in [4.69, 9.17) is 0 Å². The number of benzene rings is 5. The van der Waals surface area contributed by atoms with E-state index < -0.39 is 0 Å². The molecule has 1 aliphatic heterocycles. The summed E-state index contributed by atoms with van der Waals surface area (Å²) in [6.45, 7) is 0.498. The summed E-state index contributed by atoms with van der Waals surface area (Å²) in [5.41, 5.74) is 6.54. The Morgan fingerprint density at radius 2 is 1.38 bits per heavy atom. The summed E-state index contributed by atoms with van der Waals surface area (Å²) >= 11 is 1.36. The molecule has 9 heteroatoms. The molecule has 216 valence electrons. The van der Waals surface area contributed by atoms with Crippen molar-refractivity contribution >= 4 is 62.2 Å². The Balaban J connectivity index is 0.940. The van der Waals surface area contributed by atoms with Crippen LogP contribution < -0.4 is 15.5 Å². The average molecular weight is 607 g/mol. The summed E-state index contributed by atoms with van der Waals surface area (Å²) in [7, 11) is 0. The average Bonchev–Trinajstić information content (AvgIpc) is 3.62. The fraction of sp³-hybridized carbons (Fsp3) is 0.0278. The number of amides is 3. The van der Waals surface area contributed by atoms with Crippen LogP contribution in [0.15, 0.2) is 109 Å². The molecule has 8 nitrogen and oxygen atoms in total. The van der Waals surface area contributed by atoms with Crippen LogP contribution in [0.2, 0.25) is 0 Å². The zero-order valence-electron chi connectivity index (χ0n) is 23.5. The monoisotopic (exact) mass is 606 g/mol. The molecule has 0 radical (unpaired) electrons. The molecule has 0 bridgehead atoms. The van der Waals surface area contributed by atoms with E-state index in [0.717, 1.165) is 32.6 Å². The number of aromatic nitrogens is 1. The number of ketones is 1. The van der Waals surface area contributed by atoms with Crippen molar-refractivity contribution in [1.82, 2.24) is 4.37 Å². The fourth-order valence-corrected chi connectivity index (χ4v) is 6.74. The van der Waals surface area contributed by atoms with Gasteiger partial charge in [-0.2, -0.15) is 4.37 Å². The van der Waals surface area contributed by atoms with E-state index in [-0.39, 0.29) is 23.5 Å². The topological polar surface area (TPSA) is 108 Å². The quantitative estimate of drug-likeness (QED) is 0.194. The number of carbonyl (C=O) groups excluding carboxylic acids is 4. The van der Waals surface area contributed by atoms with Crippen LogP contribution in [-0.4, -0.2) is 27.9 Å². The van der Waals surface area contributed by atoms with Gasteiger partial charge in [0.05, 0.1) is 38.5 Å². The van der Waals surface area contributed by atoms with Crippen LogP contribution in [0.4, 0.5) is 17.1 Å². The van der Waals surface area contributed by atoms with E-state index >= 15 is 0 Å². The van der Waals surface area contributed by atoms with E-state index in [1.165, 1.54) is 16.4 Å². The van der Waals surface area contributed by atoms with Crippen LogP contribution >= 0.6 is 11.5 Å². The van der Waals surface area contributed by atoms with Gasteiger partial charge in [0.25, 0.3) is 17.7 Å². The first kappa shape index (κ1) is 26.7. The Labute approximate surface area is 261 Å². The van der Waals surface area contributed by atoms with Gasteiger partial charge in [-0.15, -0.1) is 0 Å². The normalized spacial score (nSPS) is 13.2. The molecule has 0 atom stereocenters. The standard InChI is InChI=1S/C36H22N4O4S/c41-33-27-8-4-10-29-31(27)32(39-45-29)26-7-3-9-28(30(26)33)38-34(42)21-13-15-22(16-14-21)37-19-20-11-17-23(18-12-20)40-35(43)24-5-1-2-6-25(24)36(40)44/h1-18,37H,19H2,(H,38,42). The van der Waals surface area contributed by atoms with E-state index in [2.05, 4.69) is 15.0 Å². The second-order valence-electron chi connectivity index (χ2n) is 10.8. The van der Waals surface area contributed by atoms with Gasteiger partial charge in [0.2, 0.25) is 0 Å². The first-order chi connectivity index (χ1) is 22.0. The predicted octanol–water partition coefficient (Wildman–Crippen LogP) is 7.17. The number of fused-ring (bicyclic) bond motifs is 3. The minimum atomic E-state index is -0.325. The number of hydrogen-bond acceptors (Lipinski definition) is 7. The highest BCUT2D eigenvalue weighted by Crippen LogP contribution is 2.43. The molecule has 6 aromatic rings. The molecular formula is C36H22N4O4S. The molecule has 45 heavy (non-hydrogen) atoms. The molecule has 0 saturated heterocycles. The molecule has 0 spiro atoms. The lowest BCUT2D eigenvalue weighted by atomic mass is 9.86. The van der Waals surface area contributed by atoms with Crippen molar-refractivity contribution in [1.29, 1.82) is 0 Å². The third-order valence-corrected chi connectivity index (χ3v) is 8.98. The van der Waals surface area contributed by atoms with E-state index in [1.54, 1.807) is 60.7 Å².